The van der Waals surface area contributed by atoms with Crippen molar-refractivity contribution in [1.29, 1.82) is 0 Å². The van der Waals surface area contributed by atoms with Crippen LogP contribution in [0.1, 0.15) is 18.9 Å². The van der Waals surface area contributed by atoms with Gasteiger partial charge in [-0.05, 0) is 43.0 Å². The fraction of sp³-hybridized carbons (Fsp3) is 0.500. The number of hydrogen-bond donors (Lipinski definition) is 2. The van der Waals surface area contributed by atoms with Crippen molar-refractivity contribution in [2.45, 2.75) is 20.3 Å². The zero-order valence-corrected chi connectivity index (χ0v) is 10.8. The van der Waals surface area contributed by atoms with E-state index in [1.54, 1.807) is 18.2 Å². The normalized spacial score (nSPS) is 23.7. The summed E-state index contributed by atoms with van der Waals surface area (Å²) in [6.07, 6.45) is 0.768. The van der Waals surface area contributed by atoms with Gasteiger partial charge in [-0.1, -0.05) is 6.92 Å². The Kier molecular flexibility index (Phi) is 3.87. The third-order valence-corrected chi connectivity index (χ3v) is 3.45. The van der Waals surface area contributed by atoms with Gasteiger partial charge in [-0.3, -0.25) is 4.79 Å². The number of carbonyl (C=O) groups excluding carboxylic acids is 1. The van der Waals surface area contributed by atoms with Gasteiger partial charge in [0.1, 0.15) is 5.75 Å². The van der Waals surface area contributed by atoms with E-state index in [0.717, 1.165) is 17.7 Å². The van der Waals surface area contributed by atoms with Crippen molar-refractivity contribution in [1.82, 2.24) is 0 Å². The Bertz CT molecular complexity index is 445. The van der Waals surface area contributed by atoms with Gasteiger partial charge in [0.05, 0.1) is 0 Å². The van der Waals surface area contributed by atoms with Crippen molar-refractivity contribution < 1.29 is 14.6 Å². The van der Waals surface area contributed by atoms with Crippen LogP contribution < -0.4 is 5.32 Å². The molecule has 4 heteroatoms. The van der Waals surface area contributed by atoms with Crippen LogP contribution in [0.25, 0.3) is 0 Å². The van der Waals surface area contributed by atoms with Crippen LogP contribution in [0.4, 0.5) is 5.69 Å². The van der Waals surface area contributed by atoms with Crippen LogP contribution in [0.3, 0.4) is 0 Å². The molecule has 0 spiro atoms. The van der Waals surface area contributed by atoms with E-state index in [1.165, 1.54) is 0 Å². The predicted molar refractivity (Wildman–Crippen MR) is 69.6 cm³/mol. The van der Waals surface area contributed by atoms with Gasteiger partial charge < -0.3 is 15.2 Å². The molecule has 1 saturated heterocycles. The summed E-state index contributed by atoms with van der Waals surface area (Å²) in [7, 11) is 0. The summed E-state index contributed by atoms with van der Waals surface area (Å²) in [4.78, 5) is 12.2. The van der Waals surface area contributed by atoms with E-state index in [9.17, 15) is 9.90 Å². The SMILES string of the molecule is Cc1cc(O)ccc1NC(=O)C1CCOCC1C. The lowest BCUT2D eigenvalue weighted by Crippen LogP contribution is -2.35. The van der Waals surface area contributed by atoms with Crippen molar-refractivity contribution in [3.8, 4) is 5.75 Å². The summed E-state index contributed by atoms with van der Waals surface area (Å²) in [6.45, 7) is 5.19. The first kappa shape index (κ1) is 12.9. The van der Waals surface area contributed by atoms with Crippen molar-refractivity contribution in [2.24, 2.45) is 11.8 Å². The molecule has 2 unspecified atom stereocenters. The number of anilines is 1. The van der Waals surface area contributed by atoms with Crippen LogP contribution in [-0.4, -0.2) is 24.2 Å². The minimum Gasteiger partial charge on any atom is -0.508 e. The summed E-state index contributed by atoms with van der Waals surface area (Å²) in [5.41, 5.74) is 1.62. The van der Waals surface area contributed by atoms with Gasteiger partial charge >= 0.3 is 0 Å². The van der Waals surface area contributed by atoms with Gasteiger partial charge in [0, 0.05) is 24.8 Å². The zero-order chi connectivity index (χ0) is 13.1. The van der Waals surface area contributed by atoms with Crippen LogP contribution in [0, 0.1) is 18.8 Å². The monoisotopic (exact) mass is 249 g/mol. The molecule has 0 radical (unpaired) electrons. The van der Waals surface area contributed by atoms with E-state index in [-0.39, 0.29) is 23.5 Å². The molecule has 1 heterocycles. The fourth-order valence-electron chi connectivity index (χ4n) is 2.28. The Hall–Kier alpha value is -1.55. The summed E-state index contributed by atoms with van der Waals surface area (Å²) >= 11 is 0. The standard InChI is InChI=1S/C14H19NO3/c1-9-7-11(16)3-4-13(9)15-14(17)12-5-6-18-8-10(12)2/h3-4,7,10,12,16H,5-6,8H2,1-2H3,(H,15,17). The highest BCUT2D eigenvalue weighted by atomic mass is 16.5. The van der Waals surface area contributed by atoms with E-state index < -0.39 is 0 Å². The lowest BCUT2D eigenvalue weighted by Gasteiger charge is -2.28. The second-order valence-corrected chi connectivity index (χ2v) is 4.94. The van der Waals surface area contributed by atoms with E-state index in [0.29, 0.717) is 13.2 Å². The highest BCUT2D eigenvalue weighted by Crippen LogP contribution is 2.25. The Morgan fingerprint density at radius 2 is 2.28 bits per heavy atom. The van der Waals surface area contributed by atoms with Gasteiger partial charge in [-0.2, -0.15) is 0 Å². The number of ether oxygens (including phenoxy) is 1. The molecule has 1 aromatic rings. The maximum Gasteiger partial charge on any atom is 0.227 e. The first-order valence-corrected chi connectivity index (χ1v) is 6.26. The van der Waals surface area contributed by atoms with E-state index in [2.05, 4.69) is 5.32 Å². The smallest absolute Gasteiger partial charge is 0.227 e. The highest BCUT2D eigenvalue weighted by Gasteiger charge is 2.28. The molecule has 2 atom stereocenters. The summed E-state index contributed by atoms with van der Waals surface area (Å²) in [6, 6.07) is 4.95. The Morgan fingerprint density at radius 1 is 1.50 bits per heavy atom. The molecule has 0 aliphatic carbocycles. The van der Waals surface area contributed by atoms with Crippen LogP contribution >= 0.6 is 0 Å². The lowest BCUT2D eigenvalue weighted by molar-refractivity contribution is -0.125. The van der Waals surface area contributed by atoms with Gasteiger partial charge in [-0.25, -0.2) is 0 Å². The van der Waals surface area contributed by atoms with Crippen LogP contribution in [0.5, 0.6) is 5.75 Å². The van der Waals surface area contributed by atoms with Crippen LogP contribution in [0.15, 0.2) is 18.2 Å². The Morgan fingerprint density at radius 3 is 2.94 bits per heavy atom. The molecule has 18 heavy (non-hydrogen) atoms. The number of phenols is 1. The molecule has 1 aliphatic rings. The lowest BCUT2D eigenvalue weighted by atomic mass is 9.89. The molecule has 0 bridgehead atoms. The average Bonchev–Trinajstić information content (AvgIpc) is 2.33. The zero-order valence-electron chi connectivity index (χ0n) is 10.8. The fourth-order valence-corrected chi connectivity index (χ4v) is 2.28. The minimum atomic E-state index is 0.00644. The maximum atomic E-state index is 12.2. The molecule has 2 rings (SSSR count). The predicted octanol–water partition coefficient (Wildman–Crippen LogP) is 2.31. The second kappa shape index (κ2) is 5.40. The van der Waals surface area contributed by atoms with Crippen molar-refractivity contribution >= 4 is 11.6 Å². The number of aromatic hydroxyl groups is 1. The van der Waals surface area contributed by atoms with Gasteiger partial charge in [0.2, 0.25) is 5.91 Å². The molecule has 0 aromatic heterocycles. The largest absolute Gasteiger partial charge is 0.508 e. The van der Waals surface area contributed by atoms with Crippen molar-refractivity contribution in [2.75, 3.05) is 18.5 Å². The third-order valence-electron chi connectivity index (χ3n) is 3.45. The molecule has 0 saturated carbocycles. The summed E-state index contributed by atoms with van der Waals surface area (Å²) in [5.74, 6) is 0.507. The van der Waals surface area contributed by atoms with E-state index in [4.69, 9.17) is 4.74 Å². The molecule has 4 nitrogen and oxygen atoms in total. The first-order valence-electron chi connectivity index (χ1n) is 6.26. The maximum absolute atomic E-state index is 12.2. The van der Waals surface area contributed by atoms with Crippen molar-refractivity contribution in [3.63, 3.8) is 0 Å². The Balaban J connectivity index is 2.06. The van der Waals surface area contributed by atoms with E-state index in [1.807, 2.05) is 13.8 Å². The molecule has 1 amide bonds. The summed E-state index contributed by atoms with van der Waals surface area (Å²) in [5, 5.41) is 12.3. The number of nitrogens with one attached hydrogen (secondary N) is 1. The number of rotatable bonds is 2. The quantitative estimate of drug-likeness (QED) is 0.791. The number of amides is 1. The first-order chi connectivity index (χ1) is 8.58. The number of aryl methyl sites for hydroxylation is 1. The van der Waals surface area contributed by atoms with Gasteiger partial charge in [0.25, 0.3) is 0 Å². The molecular formula is C14H19NO3. The van der Waals surface area contributed by atoms with E-state index >= 15 is 0 Å². The highest BCUT2D eigenvalue weighted by molar-refractivity contribution is 5.93. The molecular weight excluding hydrogens is 230 g/mol. The molecule has 1 aliphatic heterocycles. The third kappa shape index (κ3) is 2.82. The van der Waals surface area contributed by atoms with Crippen LogP contribution in [-0.2, 0) is 9.53 Å². The number of hydrogen-bond acceptors (Lipinski definition) is 3. The Labute approximate surface area is 107 Å². The minimum absolute atomic E-state index is 0.00644. The van der Waals surface area contributed by atoms with Gasteiger partial charge in [-0.15, -0.1) is 0 Å². The topological polar surface area (TPSA) is 58.6 Å². The van der Waals surface area contributed by atoms with Gasteiger partial charge in [0.15, 0.2) is 0 Å². The summed E-state index contributed by atoms with van der Waals surface area (Å²) < 4.78 is 5.34. The second-order valence-electron chi connectivity index (χ2n) is 4.94. The average molecular weight is 249 g/mol. The molecule has 1 aromatic carbocycles. The van der Waals surface area contributed by atoms with Crippen molar-refractivity contribution in [3.05, 3.63) is 23.8 Å². The number of phenolic OH excluding ortho intramolecular Hbond substituents is 1. The van der Waals surface area contributed by atoms with Crippen LogP contribution in [0.2, 0.25) is 0 Å². The molecule has 2 N–H and O–H groups in total. The molecule has 98 valence electrons. The number of benzene rings is 1. The molecule has 1 fully saturated rings. The number of carbonyl (C=O) groups is 1.